The second kappa shape index (κ2) is 7.64. The zero-order chi connectivity index (χ0) is 19.9. The molecule has 5 atom stereocenters. The molecule has 1 aliphatic heterocycles. The van der Waals surface area contributed by atoms with Gasteiger partial charge in [-0.2, -0.15) is 0 Å². The van der Waals surface area contributed by atoms with Gasteiger partial charge in [-0.15, -0.1) is 0 Å². The first-order chi connectivity index (χ1) is 11.8. The van der Waals surface area contributed by atoms with Crippen molar-refractivity contribution in [3.05, 3.63) is 11.8 Å². The smallest absolute Gasteiger partial charge is 0.228 e. The van der Waals surface area contributed by atoms with Crippen LogP contribution in [-0.4, -0.2) is 43.7 Å². The highest BCUT2D eigenvalue weighted by Gasteiger charge is 2.52. The van der Waals surface area contributed by atoms with E-state index in [4.69, 9.17) is 9.16 Å². The molecule has 26 heavy (non-hydrogen) atoms. The van der Waals surface area contributed by atoms with Crippen molar-refractivity contribution in [2.75, 3.05) is 0 Å². The van der Waals surface area contributed by atoms with E-state index < -0.39 is 14.4 Å². The molecule has 1 saturated heterocycles. The first-order valence-corrected chi connectivity index (χ1v) is 12.8. The maximum absolute atomic E-state index is 12.3. The number of ether oxygens (including phenoxy) is 1. The van der Waals surface area contributed by atoms with Crippen molar-refractivity contribution in [3.8, 4) is 0 Å². The summed E-state index contributed by atoms with van der Waals surface area (Å²) in [6.45, 7) is 17.0. The molecule has 1 unspecified atom stereocenters. The predicted molar refractivity (Wildman–Crippen MR) is 106 cm³/mol. The highest BCUT2D eigenvalue weighted by Crippen LogP contribution is 2.41. The first kappa shape index (κ1) is 21.4. The number of hydrogen-bond donors (Lipinski definition) is 2. The van der Waals surface area contributed by atoms with Crippen molar-refractivity contribution in [2.45, 2.75) is 96.9 Å². The van der Waals surface area contributed by atoms with Crippen LogP contribution in [0.25, 0.3) is 0 Å². The van der Waals surface area contributed by atoms with Gasteiger partial charge in [-0.3, -0.25) is 4.79 Å². The van der Waals surface area contributed by atoms with Crippen LogP contribution < -0.4 is 5.32 Å². The van der Waals surface area contributed by atoms with E-state index in [1.807, 2.05) is 26.8 Å². The van der Waals surface area contributed by atoms with Crippen molar-refractivity contribution >= 4 is 14.2 Å². The highest BCUT2D eigenvalue weighted by molar-refractivity contribution is 6.74. The van der Waals surface area contributed by atoms with Gasteiger partial charge in [-0.05, 0) is 57.8 Å². The molecule has 5 nitrogen and oxygen atoms in total. The second-order valence-electron chi connectivity index (χ2n) is 9.60. The van der Waals surface area contributed by atoms with Gasteiger partial charge in [0, 0.05) is 12.0 Å². The van der Waals surface area contributed by atoms with Gasteiger partial charge in [0.1, 0.15) is 11.9 Å². The van der Waals surface area contributed by atoms with Gasteiger partial charge in [0.2, 0.25) is 5.91 Å². The summed E-state index contributed by atoms with van der Waals surface area (Å²) < 4.78 is 12.2. The number of rotatable bonds is 6. The Bertz CT molecular complexity index is 553. The molecule has 1 aliphatic carbocycles. The fraction of sp³-hybridized carbons (Fsp3) is 0.850. The maximum Gasteiger partial charge on any atom is 0.228 e. The van der Waals surface area contributed by atoms with Crippen LogP contribution in [0.4, 0.5) is 0 Å². The van der Waals surface area contributed by atoms with E-state index in [9.17, 15) is 9.90 Å². The lowest BCUT2D eigenvalue weighted by molar-refractivity contribution is -0.145. The van der Waals surface area contributed by atoms with Gasteiger partial charge in [0.05, 0.1) is 18.1 Å². The van der Waals surface area contributed by atoms with Gasteiger partial charge in [-0.1, -0.05) is 20.8 Å². The summed E-state index contributed by atoms with van der Waals surface area (Å²) in [5, 5.41) is 13.9. The minimum Gasteiger partial charge on any atom is -0.493 e. The van der Waals surface area contributed by atoms with Crippen LogP contribution in [0.5, 0.6) is 0 Å². The number of aliphatic hydroxyl groups excluding tert-OH is 1. The van der Waals surface area contributed by atoms with E-state index in [0.29, 0.717) is 5.76 Å². The van der Waals surface area contributed by atoms with E-state index in [0.717, 1.165) is 12.8 Å². The third-order valence-electron chi connectivity index (χ3n) is 6.17. The van der Waals surface area contributed by atoms with Crippen LogP contribution in [0.1, 0.15) is 54.4 Å². The van der Waals surface area contributed by atoms with Gasteiger partial charge in [0.25, 0.3) is 0 Å². The van der Waals surface area contributed by atoms with Gasteiger partial charge >= 0.3 is 0 Å². The summed E-state index contributed by atoms with van der Waals surface area (Å²) in [4.78, 5) is 12.3. The molecular weight excluding hydrogens is 346 g/mol. The van der Waals surface area contributed by atoms with Crippen LogP contribution in [-0.2, 0) is 14.0 Å². The lowest BCUT2D eigenvalue weighted by Gasteiger charge is -2.49. The average Bonchev–Trinajstić information content (AvgIpc) is 2.45. The Hall–Kier alpha value is -0.853. The number of carbonyl (C=O) groups excluding carboxylic acids is 1. The van der Waals surface area contributed by atoms with Crippen LogP contribution in [0, 0.1) is 11.8 Å². The molecule has 0 bridgehead atoms. The summed E-state index contributed by atoms with van der Waals surface area (Å²) >= 11 is 0. The topological polar surface area (TPSA) is 67.8 Å². The van der Waals surface area contributed by atoms with Crippen molar-refractivity contribution in [1.82, 2.24) is 5.32 Å². The molecule has 2 rings (SSSR count). The summed E-state index contributed by atoms with van der Waals surface area (Å²) in [6.07, 6.45) is 2.90. The standard InChI is InChI=1S/C20H37NO4Si/c1-12(2)24-15-11-9-10-14(18(15)22)17-16(19(23)21-17)13(3)25-26(7,8)20(4,5)6/h11-14,16-18,22H,9-10H2,1-8H3,(H,21,23)/t13-,14?,16-,17-,18-/m1/s1. The summed E-state index contributed by atoms with van der Waals surface area (Å²) in [6, 6.07) is -0.0586. The molecule has 150 valence electrons. The van der Waals surface area contributed by atoms with Gasteiger partial charge in [-0.25, -0.2) is 0 Å². The lowest BCUT2D eigenvalue weighted by Crippen LogP contribution is -2.67. The quantitative estimate of drug-likeness (QED) is 0.543. The van der Waals surface area contributed by atoms with E-state index in [2.05, 4.69) is 39.2 Å². The molecule has 0 aromatic rings. The Balaban J connectivity index is 2.09. The monoisotopic (exact) mass is 383 g/mol. The Labute approximate surface area is 159 Å². The molecule has 0 aromatic carbocycles. The molecule has 0 aromatic heterocycles. The van der Waals surface area contributed by atoms with Crippen LogP contribution >= 0.6 is 0 Å². The van der Waals surface area contributed by atoms with Crippen molar-refractivity contribution in [2.24, 2.45) is 11.8 Å². The van der Waals surface area contributed by atoms with E-state index in [1.54, 1.807) is 0 Å². The van der Waals surface area contributed by atoms with Crippen LogP contribution in [0.3, 0.4) is 0 Å². The second-order valence-corrected chi connectivity index (χ2v) is 14.4. The molecule has 1 amide bonds. The fourth-order valence-electron chi connectivity index (χ4n) is 3.68. The summed E-state index contributed by atoms with van der Waals surface area (Å²) in [5.41, 5.74) is 0. The number of hydrogen-bond acceptors (Lipinski definition) is 4. The number of amides is 1. The third kappa shape index (κ3) is 4.34. The Kier molecular flexibility index (Phi) is 6.30. The minimum absolute atomic E-state index is 0.0260. The molecular formula is C20H37NO4Si. The first-order valence-electron chi connectivity index (χ1n) is 9.88. The minimum atomic E-state index is -1.95. The SMILES string of the molecule is CC(C)OC1=CCCC([C@H]2NC(=O)[C@@H]2[C@@H](C)O[Si](C)(C)C(C)(C)C)[C@H]1O. The predicted octanol–water partition coefficient (Wildman–Crippen LogP) is 3.59. The number of carbonyl (C=O) groups is 1. The van der Waals surface area contributed by atoms with E-state index in [1.165, 1.54) is 0 Å². The largest absolute Gasteiger partial charge is 0.493 e. The molecule has 0 spiro atoms. The van der Waals surface area contributed by atoms with Gasteiger partial charge in [0.15, 0.2) is 8.32 Å². The molecule has 0 radical (unpaired) electrons. The van der Waals surface area contributed by atoms with Crippen LogP contribution in [0.2, 0.25) is 18.1 Å². The molecule has 2 N–H and O–H groups in total. The fourth-order valence-corrected chi connectivity index (χ4v) is 5.11. The molecule has 0 saturated carbocycles. The highest BCUT2D eigenvalue weighted by atomic mass is 28.4. The van der Waals surface area contributed by atoms with Crippen molar-refractivity contribution < 1.29 is 19.1 Å². The summed E-state index contributed by atoms with van der Waals surface area (Å²) in [5.74, 6) is 0.451. The number of nitrogens with one attached hydrogen (secondary N) is 1. The van der Waals surface area contributed by atoms with Crippen LogP contribution in [0.15, 0.2) is 11.8 Å². The van der Waals surface area contributed by atoms with Crippen molar-refractivity contribution in [1.29, 1.82) is 0 Å². The van der Waals surface area contributed by atoms with E-state index in [-0.39, 0.29) is 41.0 Å². The van der Waals surface area contributed by atoms with E-state index >= 15 is 0 Å². The normalized spacial score (nSPS) is 31.2. The summed E-state index contributed by atoms with van der Waals surface area (Å²) in [7, 11) is -1.95. The molecule has 2 aliphatic rings. The average molecular weight is 384 g/mol. The third-order valence-corrected chi connectivity index (χ3v) is 10.7. The zero-order valence-electron chi connectivity index (χ0n) is 17.6. The number of aliphatic hydroxyl groups is 1. The lowest BCUT2D eigenvalue weighted by atomic mass is 9.72. The maximum atomic E-state index is 12.3. The molecule has 1 fully saturated rings. The Morgan fingerprint density at radius 3 is 2.38 bits per heavy atom. The number of allylic oxidation sites excluding steroid dienone is 1. The van der Waals surface area contributed by atoms with Crippen molar-refractivity contribution in [3.63, 3.8) is 0 Å². The Morgan fingerprint density at radius 2 is 1.88 bits per heavy atom. The molecule has 6 heteroatoms. The molecule has 1 heterocycles. The number of β-lactam (4-membered cyclic amide) rings is 1. The zero-order valence-corrected chi connectivity index (χ0v) is 18.6. The Morgan fingerprint density at radius 1 is 1.27 bits per heavy atom. The van der Waals surface area contributed by atoms with Gasteiger partial charge < -0.3 is 19.6 Å².